The lowest BCUT2D eigenvalue weighted by atomic mass is 10.1. The molecule has 0 atom stereocenters. The summed E-state index contributed by atoms with van der Waals surface area (Å²) >= 11 is 0. The first kappa shape index (κ1) is 16.6. The highest BCUT2D eigenvalue weighted by molar-refractivity contribution is 5.94. The summed E-state index contributed by atoms with van der Waals surface area (Å²) in [5.41, 5.74) is 1.83. The Hall–Kier alpha value is -3.28. The van der Waals surface area contributed by atoms with Crippen molar-refractivity contribution in [1.82, 2.24) is 9.97 Å². The summed E-state index contributed by atoms with van der Waals surface area (Å²) in [6, 6.07) is 14.3. The molecule has 0 aliphatic heterocycles. The Labute approximate surface area is 145 Å². The Morgan fingerprint density at radius 3 is 2.60 bits per heavy atom. The van der Waals surface area contributed by atoms with Crippen molar-refractivity contribution in [1.29, 1.82) is 0 Å². The van der Waals surface area contributed by atoms with Crippen molar-refractivity contribution >= 4 is 17.4 Å². The van der Waals surface area contributed by atoms with E-state index in [-0.39, 0.29) is 18.1 Å². The van der Waals surface area contributed by atoms with Gasteiger partial charge in [0.05, 0.1) is 18.4 Å². The molecule has 1 N–H and O–H groups in total. The molecule has 5 nitrogen and oxygen atoms in total. The van der Waals surface area contributed by atoms with E-state index >= 15 is 0 Å². The van der Waals surface area contributed by atoms with Gasteiger partial charge in [0.15, 0.2) is 0 Å². The van der Waals surface area contributed by atoms with Crippen LogP contribution in [-0.2, 0) is 4.79 Å². The summed E-state index contributed by atoms with van der Waals surface area (Å²) in [4.78, 5) is 21.8. The number of rotatable bonds is 5. The number of halogens is 1. The summed E-state index contributed by atoms with van der Waals surface area (Å²) < 4.78 is 14.3. The standard InChI is InChI=1S/C19H17FN4O/c1-24(18-12-21-9-10-22-18)13-19(25)23-17-8-7-15(11-16(17)20)14-5-3-2-4-6-14/h2-12H,13H2,1H3,(H,23,25). The highest BCUT2D eigenvalue weighted by Gasteiger charge is 2.12. The predicted octanol–water partition coefficient (Wildman–Crippen LogP) is 3.36. The molecule has 0 fully saturated rings. The molecule has 1 heterocycles. The third kappa shape index (κ3) is 4.17. The fourth-order valence-electron chi connectivity index (χ4n) is 2.40. The molecule has 2 aromatic carbocycles. The minimum atomic E-state index is -0.475. The van der Waals surface area contributed by atoms with Crippen LogP contribution in [0.15, 0.2) is 67.1 Å². The number of carbonyl (C=O) groups is 1. The molecular weight excluding hydrogens is 319 g/mol. The van der Waals surface area contributed by atoms with Gasteiger partial charge in [-0.3, -0.25) is 9.78 Å². The number of hydrogen-bond donors (Lipinski definition) is 1. The normalized spacial score (nSPS) is 10.3. The molecule has 0 spiro atoms. The van der Waals surface area contributed by atoms with Crippen molar-refractivity contribution in [3.8, 4) is 11.1 Å². The molecule has 0 saturated heterocycles. The van der Waals surface area contributed by atoms with Crippen molar-refractivity contribution < 1.29 is 9.18 Å². The molecule has 1 aromatic heterocycles. The van der Waals surface area contributed by atoms with E-state index in [9.17, 15) is 9.18 Å². The SMILES string of the molecule is CN(CC(=O)Nc1ccc(-c2ccccc2)cc1F)c1cnccn1. The fourth-order valence-corrected chi connectivity index (χ4v) is 2.40. The Balaban J connectivity index is 1.67. The van der Waals surface area contributed by atoms with Crippen LogP contribution in [0, 0.1) is 5.82 Å². The van der Waals surface area contributed by atoms with E-state index in [0.29, 0.717) is 5.82 Å². The first-order chi connectivity index (χ1) is 12.1. The van der Waals surface area contributed by atoms with Crippen LogP contribution in [-0.4, -0.2) is 29.5 Å². The molecule has 6 heteroatoms. The van der Waals surface area contributed by atoms with Crippen molar-refractivity contribution in [2.75, 3.05) is 23.8 Å². The Morgan fingerprint density at radius 2 is 1.92 bits per heavy atom. The molecule has 0 aliphatic carbocycles. The van der Waals surface area contributed by atoms with Gasteiger partial charge >= 0.3 is 0 Å². The molecule has 0 aliphatic rings. The average molecular weight is 336 g/mol. The summed E-state index contributed by atoms with van der Waals surface area (Å²) in [5.74, 6) is -0.242. The maximum absolute atomic E-state index is 14.3. The minimum absolute atomic E-state index is 0.0402. The van der Waals surface area contributed by atoms with Crippen LogP contribution in [0.5, 0.6) is 0 Å². The molecular formula is C19H17FN4O. The molecule has 0 radical (unpaired) electrons. The van der Waals surface area contributed by atoms with Crippen LogP contribution >= 0.6 is 0 Å². The van der Waals surface area contributed by atoms with E-state index in [1.54, 1.807) is 42.7 Å². The first-order valence-electron chi connectivity index (χ1n) is 7.75. The van der Waals surface area contributed by atoms with Crippen molar-refractivity contribution in [3.63, 3.8) is 0 Å². The average Bonchev–Trinajstić information content (AvgIpc) is 2.65. The van der Waals surface area contributed by atoms with Crippen LogP contribution in [0.25, 0.3) is 11.1 Å². The number of benzene rings is 2. The summed E-state index contributed by atoms with van der Waals surface area (Å²) in [6.07, 6.45) is 4.66. The lowest BCUT2D eigenvalue weighted by molar-refractivity contribution is -0.114. The van der Waals surface area contributed by atoms with E-state index in [1.807, 2.05) is 30.3 Å². The molecule has 3 aromatic rings. The number of hydrogen-bond acceptors (Lipinski definition) is 4. The van der Waals surface area contributed by atoms with Gasteiger partial charge in [-0.2, -0.15) is 0 Å². The van der Waals surface area contributed by atoms with Gasteiger partial charge in [0.2, 0.25) is 5.91 Å². The molecule has 126 valence electrons. The van der Waals surface area contributed by atoms with Gasteiger partial charge in [0.25, 0.3) is 0 Å². The second kappa shape index (κ2) is 7.53. The van der Waals surface area contributed by atoms with Gasteiger partial charge in [0.1, 0.15) is 11.6 Å². The van der Waals surface area contributed by atoms with E-state index in [1.165, 1.54) is 6.07 Å². The Kier molecular flexibility index (Phi) is 4.99. The van der Waals surface area contributed by atoms with Gasteiger partial charge in [-0.1, -0.05) is 36.4 Å². The van der Waals surface area contributed by atoms with Crippen LogP contribution in [0.2, 0.25) is 0 Å². The smallest absolute Gasteiger partial charge is 0.244 e. The topological polar surface area (TPSA) is 58.1 Å². The molecule has 0 bridgehead atoms. The van der Waals surface area contributed by atoms with Crippen molar-refractivity contribution in [3.05, 3.63) is 72.9 Å². The molecule has 3 rings (SSSR count). The maximum Gasteiger partial charge on any atom is 0.244 e. The second-order valence-corrected chi connectivity index (χ2v) is 5.53. The Bertz CT molecular complexity index is 856. The largest absolute Gasteiger partial charge is 0.349 e. The molecule has 0 unspecified atom stereocenters. The Morgan fingerprint density at radius 1 is 1.12 bits per heavy atom. The van der Waals surface area contributed by atoms with E-state index in [2.05, 4.69) is 15.3 Å². The third-order valence-corrected chi connectivity index (χ3v) is 3.67. The molecule has 25 heavy (non-hydrogen) atoms. The van der Waals surface area contributed by atoms with Gasteiger partial charge in [-0.05, 0) is 23.3 Å². The zero-order valence-corrected chi connectivity index (χ0v) is 13.7. The number of likely N-dealkylation sites (N-methyl/N-ethyl adjacent to an activating group) is 1. The number of amides is 1. The van der Waals surface area contributed by atoms with Gasteiger partial charge in [0, 0.05) is 19.4 Å². The number of anilines is 2. The summed E-state index contributed by atoms with van der Waals surface area (Å²) in [6.45, 7) is 0.0402. The van der Waals surface area contributed by atoms with Gasteiger partial charge in [-0.25, -0.2) is 9.37 Å². The van der Waals surface area contributed by atoms with Crippen LogP contribution in [0.4, 0.5) is 15.9 Å². The van der Waals surface area contributed by atoms with E-state index < -0.39 is 5.82 Å². The van der Waals surface area contributed by atoms with Gasteiger partial charge < -0.3 is 10.2 Å². The van der Waals surface area contributed by atoms with Crippen molar-refractivity contribution in [2.24, 2.45) is 0 Å². The lowest BCUT2D eigenvalue weighted by Crippen LogP contribution is -2.30. The second-order valence-electron chi connectivity index (χ2n) is 5.53. The monoisotopic (exact) mass is 336 g/mol. The molecule has 0 saturated carbocycles. The van der Waals surface area contributed by atoms with Crippen LogP contribution in [0.3, 0.4) is 0 Å². The number of carbonyl (C=O) groups excluding carboxylic acids is 1. The van der Waals surface area contributed by atoms with Crippen LogP contribution in [0.1, 0.15) is 0 Å². The fraction of sp³-hybridized carbons (Fsp3) is 0.105. The number of nitrogens with one attached hydrogen (secondary N) is 1. The van der Waals surface area contributed by atoms with Gasteiger partial charge in [-0.15, -0.1) is 0 Å². The molecule has 1 amide bonds. The third-order valence-electron chi connectivity index (χ3n) is 3.67. The highest BCUT2D eigenvalue weighted by atomic mass is 19.1. The zero-order chi connectivity index (χ0) is 17.6. The minimum Gasteiger partial charge on any atom is -0.349 e. The summed E-state index contributed by atoms with van der Waals surface area (Å²) in [5, 5.41) is 2.59. The predicted molar refractivity (Wildman–Crippen MR) is 95.8 cm³/mol. The number of aromatic nitrogens is 2. The van der Waals surface area contributed by atoms with Crippen molar-refractivity contribution in [2.45, 2.75) is 0 Å². The summed E-state index contributed by atoms with van der Waals surface area (Å²) in [7, 11) is 1.72. The quantitative estimate of drug-likeness (QED) is 0.776. The number of nitrogens with zero attached hydrogens (tertiary/aromatic N) is 3. The van der Waals surface area contributed by atoms with E-state index in [0.717, 1.165) is 11.1 Å². The maximum atomic E-state index is 14.3. The first-order valence-corrected chi connectivity index (χ1v) is 7.75. The zero-order valence-electron chi connectivity index (χ0n) is 13.7. The van der Waals surface area contributed by atoms with Crippen LogP contribution < -0.4 is 10.2 Å². The highest BCUT2D eigenvalue weighted by Crippen LogP contribution is 2.24. The lowest BCUT2D eigenvalue weighted by Gasteiger charge is -2.17. The van der Waals surface area contributed by atoms with E-state index in [4.69, 9.17) is 0 Å².